The van der Waals surface area contributed by atoms with Crippen molar-refractivity contribution in [1.82, 2.24) is 4.98 Å². The SMILES string of the molecule is CCCN(CCC)c1ccc(NC(=O)C(CC)CC)nc1. The molecule has 0 saturated carbocycles. The zero-order chi connectivity index (χ0) is 15.7. The standard InChI is InChI=1S/C17H29N3O/c1-5-11-20(12-6-2)15-9-10-16(18-13-15)19-17(21)14(7-3)8-4/h9-10,13-14H,5-8,11-12H2,1-4H3,(H,18,19,21). The summed E-state index contributed by atoms with van der Waals surface area (Å²) in [6.45, 7) is 10.5. The molecule has 1 aromatic heterocycles. The Morgan fingerprint density at radius 1 is 1.14 bits per heavy atom. The molecule has 0 aliphatic carbocycles. The molecule has 118 valence electrons. The Morgan fingerprint density at radius 3 is 2.19 bits per heavy atom. The molecule has 0 saturated heterocycles. The summed E-state index contributed by atoms with van der Waals surface area (Å²) in [5.41, 5.74) is 1.12. The van der Waals surface area contributed by atoms with Gasteiger partial charge in [-0.2, -0.15) is 0 Å². The summed E-state index contributed by atoms with van der Waals surface area (Å²) in [6.07, 6.45) is 5.82. The number of nitrogens with one attached hydrogen (secondary N) is 1. The first-order valence-electron chi connectivity index (χ1n) is 8.17. The second-order valence-corrected chi connectivity index (χ2v) is 5.39. The first kappa shape index (κ1) is 17.5. The van der Waals surface area contributed by atoms with Gasteiger partial charge in [0.1, 0.15) is 5.82 Å². The average molecular weight is 291 g/mol. The average Bonchev–Trinajstić information content (AvgIpc) is 2.49. The Labute approximate surface area is 129 Å². The number of hydrogen-bond acceptors (Lipinski definition) is 3. The summed E-state index contributed by atoms with van der Waals surface area (Å²) in [6, 6.07) is 3.94. The van der Waals surface area contributed by atoms with Gasteiger partial charge in [-0.25, -0.2) is 4.98 Å². The topological polar surface area (TPSA) is 45.2 Å². The predicted molar refractivity (Wildman–Crippen MR) is 89.7 cm³/mol. The van der Waals surface area contributed by atoms with E-state index in [0.717, 1.165) is 44.5 Å². The molecule has 4 nitrogen and oxygen atoms in total. The lowest BCUT2D eigenvalue weighted by molar-refractivity contribution is -0.120. The predicted octanol–water partition coefficient (Wildman–Crippen LogP) is 4.08. The molecule has 0 aromatic carbocycles. The molecule has 1 aromatic rings. The van der Waals surface area contributed by atoms with Crippen LogP contribution in [-0.2, 0) is 4.79 Å². The molecular formula is C17H29N3O. The molecule has 0 aliphatic heterocycles. The molecule has 0 aliphatic rings. The van der Waals surface area contributed by atoms with Crippen LogP contribution in [0.5, 0.6) is 0 Å². The lowest BCUT2D eigenvalue weighted by Crippen LogP contribution is -2.25. The van der Waals surface area contributed by atoms with Crippen LogP contribution in [-0.4, -0.2) is 24.0 Å². The summed E-state index contributed by atoms with van der Waals surface area (Å²) in [7, 11) is 0. The smallest absolute Gasteiger partial charge is 0.228 e. The minimum atomic E-state index is 0.0687. The lowest BCUT2D eigenvalue weighted by atomic mass is 10.0. The van der Waals surface area contributed by atoms with E-state index in [1.807, 2.05) is 32.2 Å². The number of carbonyl (C=O) groups is 1. The van der Waals surface area contributed by atoms with Gasteiger partial charge < -0.3 is 10.2 Å². The van der Waals surface area contributed by atoms with E-state index in [2.05, 4.69) is 29.0 Å². The molecule has 21 heavy (non-hydrogen) atoms. The Hall–Kier alpha value is -1.58. The monoisotopic (exact) mass is 291 g/mol. The van der Waals surface area contributed by atoms with Gasteiger partial charge in [0.05, 0.1) is 11.9 Å². The van der Waals surface area contributed by atoms with Crippen molar-refractivity contribution < 1.29 is 4.79 Å². The zero-order valence-electron chi connectivity index (χ0n) is 13.9. The van der Waals surface area contributed by atoms with Gasteiger partial charge >= 0.3 is 0 Å². The van der Waals surface area contributed by atoms with Crippen LogP contribution in [0.1, 0.15) is 53.4 Å². The van der Waals surface area contributed by atoms with Crippen LogP contribution < -0.4 is 10.2 Å². The highest BCUT2D eigenvalue weighted by molar-refractivity contribution is 5.91. The maximum atomic E-state index is 12.0. The van der Waals surface area contributed by atoms with Crippen molar-refractivity contribution in [2.45, 2.75) is 53.4 Å². The number of pyridine rings is 1. The number of anilines is 2. The minimum Gasteiger partial charge on any atom is -0.370 e. The second kappa shape index (κ2) is 9.37. The Morgan fingerprint density at radius 2 is 1.76 bits per heavy atom. The van der Waals surface area contributed by atoms with Crippen LogP contribution in [0.3, 0.4) is 0 Å². The van der Waals surface area contributed by atoms with E-state index in [1.54, 1.807) is 0 Å². The molecular weight excluding hydrogens is 262 g/mol. The molecule has 1 amide bonds. The summed E-state index contributed by atoms with van der Waals surface area (Å²) in [5.74, 6) is 0.783. The van der Waals surface area contributed by atoms with E-state index in [-0.39, 0.29) is 11.8 Å². The van der Waals surface area contributed by atoms with Gasteiger partial charge in [0, 0.05) is 19.0 Å². The Kier molecular flexibility index (Phi) is 7.80. The van der Waals surface area contributed by atoms with Gasteiger partial charge in [-0.1, -0.05) is 27.7 Å². The molecule has 1 N–H and O–H groups in total. The lowest BCUT2D eigenvalue weighted by Gasteiger charge is -2.23. The molecule has 0 bridgehead atoms. The largest absolute Gasteiger partial charge is 0.370 e. The van der Waals surface area contributed by atoms with Gasteiger partial charge in [0.25, 0.3) is 0 Å². The van der Waals surface area contributed by atoms with Crippen LogP contribution in [0.4, 0.5) is 11.5 Å². The summed E-state index contributed by atoms with van der Waals surface area (Å²) in [5, 5.41) is 2.91. The normalized spacial score (nSPS) is 10.7. The summed E-state index contributed by atoms with van der Waals surface area (Å²) >= 11 is 0. The van der Waals surface area contributed by atoms with Gasteiger partial charge in [0.15, 0.2) is 0 Å². The third kappa shape index (κ3) is 5.37. The molecule has 0 atom stereocenters. The Balaban J connectivity index is 2.70. The number of aromatic nitrogens is 1. The Bertz CT molecular complexity index is 407. The van der Waals surface area contributed by atoms with Crippen molar-refractivity contribution in [2.75, 3.05) is 23.3 Å². The number of carbonyl (C=O) groups excluding carboxylic acids is 1. The van der Waals surface area contributed by atoms with E-state index in [4.69, 9.17) is 0 Å². The van der Waals surface area contributed by atoms with E-state index < -0.39 is 0 Å². The van der Waals surface area contributed by atoms with Crippen molar-refractivity contribution >= 4 is 17.4 Å². The number of amides is 1. The van der Waals surface area contributed by atoms with E-state index >= 15 is 0 Å². The number of rotatable bonds is 9. The van der Waals surface area contributed by atoms with Crippen LogP contribution in [0.25, 0.3) is 0 Å². The third-order valence-electron chi connectivity index (χ3n) is 3.71. The first-order valence-corrected chi connectivity index (χ1v) is 8.17. The molecule has 1 heterocycles. The van der Waals surface area contributed by atoms with Gasteiger partial charge in [0.2, 0.25) is 5.91 Å². The molecule has 4 heteroatoms. The highest BCUT2D eigenvalue weighted by atomic mass is 16.1. The summed E-state index contributed by atoms with van der Waals surface area (Å²) in [4.78, 5) is 18.8. The van der Waals surface area contributed by atoms with Crippen molar-refractivity contribution in [2.24, 2.45) is 5.92 Å². The molecule has 0 fully saturated rings. The molecule has 0 spiro atoms. The van der Waals surface area contributed by atoms with Gasteiger partial charge in [-0.15, -0.1) is 0 Å². The van der Waals surface area contributed by atoms with Crippen molar-refractivity contribution in [3.63, 3.8) is 0 Å². The highest BCUT2D eigenvalue weighted by Gasteiger charge is 2.14. The summed E-state index contributed by atoms with van der Waals surface area (Å²) < 4.78 is 0. The van der Waals surface area contributed by atoms with Crippen molar-refractivity contribution in [3.05, 3.63) is 18.3 Å². The molecule has 0 radical (unpaired) electrons. The van der Waals surface area contributed by atoms with Crippen molar-refractivity contribution in [3.8, 4) is 0 Å². The minimum absolute atomic E-state index is 0.0687. The molecule has 0 unspecified atom stereocenters. The van der Waals surface area contributed by atoms with E-state index in [0.29, 0.717) is 5.82 Å². The maximum Gasteiger partial charge on any atom is 0.228 e. The second-order valence-electron chi connectivity index (χ2n) is 5.39. The van der Waals surface area contributed by atoms with Crippen LogP contribution >= 0.6 is 0 Å². The third-order valence-corrected chi connectivity index (χ3v) is 3.71. The van der Waals surface area contributed by atoms with E-state index in [1.165, 1.54) is 0 Å². The highest BCUT2D eigenvalue weighted by Crippen LogP contribution is 2.17. The zero-order valence-corrected chi connectivity index (χ0v) is 13.9. The number of hydrogen-bond donors (Lipinski definition) is 1. The molecule has 1 rings (SSSR count). The van der Waals surface area contributed by atoms with Gasteiger partial charge in [-0.3, -0.25) is 4.79 Å². The fourth-order valence-electron chi connectivity index (χ4n) is 2.44. The van der Waals surface area contributed by atoms with Crippen LogP contribution in [0, 0.1) is 5.92 Å². The van der Waals surface area contributed by atoms with Crippen LogP contribution in [0.2, 0.25) is 0 Å². The fraction of sp³-hybridized carbons (Fsp3) is 0.647. The maximum absolute atomic E-state index is 12.0. The van der Waals surface area contributed by atoms with E-state index in [9.17, 15) is 4.79 Å². The van der Waals surface area contributed by atoms with Crippen molar-refractivity contribution in [1.29, 1.82) is 0 Å². The number of nitrogens with zero attached hydrogens (tertiary/aromatic N) is 2. The fourth-order valence-corrected chi connectivity index (χ4v) is 2.44. The first-order chi connectivity index (χ1) is 10.2. The quantitative estimate of drug-likeness (QED) is 0.745. The van der Waals surface area contributed by atoms with Crippen LogP contribution in [0.15, 0.2) is 18.3 Å². The van der Waals surface area contributed by atoms with Gasteiger partial charge in [-0.05, 0) is 37.8 Å².